The molecule has 0 radical (unpaired) electrons. The maximum atomic E-state index is 12.7. The molecule has 0 bridgehead atoms. The first-order valence-corrected chi connectivity index (χ1v) is 8.82. The zero-order chi connectivity index (χ0) is 19.8. The molecular weight excluding hydrogens is 344 g/mol. The number of benzene rings is 1. The predicted molar refractivity (Wildman–Crippen MR) is 103 cm³/mol. The van der Waals surface area contributed by atoms with Gasteiger partial charge in [-0.25, -0.2) is 4.79 Å². The second-order valence-electron chi connectivity index (χ2n) is 7.65. The highest BCUT2D eigenvalue weighted by molar-refractivity contribution is 5.97. The number of hydrogen-bond acceptors (Lipinski definition) is 3. The van der Waals surface area contributed by atoms with Gasteiger partial charge in [0.05, 0.1) is 17.3 Å². The van der Waals surface area contributed by atoms with Crippen molar-refractivity contribution in [2.45, 2.75) is 45.7 Å². The quantitative estimate of drug-likeness (QED) is 0.645. The summed E-state index contributed by atoms with van der Waals surface area (Å²) >= 11 is 0. The van der Waals surface area contributed by atoms with E-state index < -0.39 is 17.9 Å². The van der Waals surface area contributed by atoms with Gasteiger partial charge in [0.2, 0.25) is 0 Å². The van der Waals surface area contributed by atoms with E-state index in [0.29, 0.717) is 11.3 Å². The molecule has 0 aliphatic heterocycles. The lowest BCUT2D eigenvalue weighted by atomic mass is 10.0. The van der Waals surface area contributed by atoms with Crippen LogP contribution < -0.4 is 5.32 Å². The number of amides is 1. The molecule has 2 aromatic heterocycles. The largest absolute Gasteiger partial charge is 0.480 e. The number of aliphatic carboxylic acids is 1. The lowest BCUT2D eigenvalue weighted by molar-refractivity contribution is -0.139. The van der Waals surface area contributed by atoms with Crippen LogP contribution in [0.2, 0.25) is 0 Å². The smallest absolute Gasteiger partial charge is 0.326 e. The number of para-hydroxylation sites is 1. The summed E-state index contributed by atoms with van der Waals surface area (Å²) in [5, 5.41) is 17.5. The summed E-state index contributed by atoms with van der Waals surface area (Å²) in [6.07, 6.45) is 3.47. The Morgan fingerprint density at radius 3 is 2.63 bits per heavy atom. The number of carboxylic acids is 1. The van der Waals surface area contributed by atoms with Gasteiger partial charge in [0.15, 0.2) is 0 Å². The van der Waals surface area contributed by atoms with E-state index in [4.69, 9.17) is 0 Å². The molecule has 1 atom stereocenters. The number of nitrogens with one attached hydrogen (secondary N) is 2. The van der Waals surface area contributed by atoms with Crippen molar-refractivity contribution in [3.05, 3.63) is 53.5 Å². The Morgan fingerprint density at radius 1 is 1.30 bits per heavy atom. The first kappa shape index (κ1) is 18.7. The van der Waals surface area contributed by atoms with Gasteiger partial charge in [0, 0.05) is 29.2 Å². The van der Waals surface area contributed by atoms with E-state index in [0.717, 1.165) is 16.5 Å². The third kappa shape index (κ3) is 3.72. The average Bonchev–Trinajstić information content (AvgIpc) is 3.17. The zero-order valence-electron chi connectivity index (χ0n) is 15.9. The number of H-pyrrole nitrogens is 1. The molecule has 0 aliphatic carbocycles. The summed E-state index contributed by atoms with van der Waals surface area (Å²) in [6.45, 7) is 7.78. The third-order valence-corrected chi connectivity index (χ3v) is 4.59. The van der Waals surface area contributed by atoms with E-state index in [1.165, 1.54) is 6.20 Å². The van der Waals surface area contributed by atoms with Crippen molar-refractivity contribution in [3.63, 3.8) is 0 Å². The van der Waals surface area contributed by atoms with Crippen LogP contribution >= 0.6 is 0 Å². The molecule has 0 spiro atoms. The van der Waals surface area contributed by atoms with Crippen LogP contribution in [-0.2, 0) is 16.8 Å². The van der Waals surface area contributed by atoms with E-state index in [2.05, 4.69) is 15.4 Å². The van der Waals surface area contributed by atoms with Crippen LogP contribution in [0, 0.1) is 6.92 Å². The van der Waals surface area contributed by atoms with Crippen LogP contribution in [0.4, 0.5) is 0 Å². The fourth-order valence-electron chi connectivity index (χ4n) is 3.27. The van der Waals surface area contributed by atoms with Crippen LogP contribution in [0.5, 0.6) is 0 Å². The molecule has 7 heteroatoms. The molecule has 7 nitrogen and oxygen atoms in total. The summed E-state index contributed by atoms with van der Waals surface area (Å²) in [5.41, 5.74) is 2.61. The van der Waals surface area contributed by atoms with Crippen molar-refractivity contribution in [2.75, 3.05) is 0 Å². The molecule has 3 rings (SSSR count). The number of rotatable bonds is 5. The number of nitrogens with zero attached hydrogens (tertiary/aromatic N) is 2. The Hall–Kier alpha value is -3.09. The fraction of sp³-hybridized carbons (Fsp3) is 0.350. The molecule has 0 saturated heterocycles. The summed E-state index contributed by atoms with van der Waals surface area (Å²) in [4.78, 5) is 27.5. The predicted octanol–water partition coefficient (Wildman–Crippen LogP) is 2.85. The van der Waals surface area contributed by atoms with E-state index in [9.17, 15) is 14.7 Å². The highest BCUT2D eigenvalue weighted by atomic mass is 16.4. The normalized spacial score (nSPS) is 12.9. The third-order valence-electron chi connectivity index (χ3n) is 4.59. The minimum Gasteiger partial charge on any atom is -0.480 e. The molecule has 1 amide bonds. The topological polar surface area (TPSA) is 100 Å². The van der Waals surface area contributed by atoms with Crippen LogP contribution in [0.1, 0.15) is 42.4 Å². The Bertz CT molecular complexity index is 994. The first-order valence-electron chi connectivity index (χ1n) is 8.82. The average molecular weight is 368 g/mol. The number of fused-ring (bicyclic) bond motifs is 1. The molecule has 142 valence electrons. The van der Waals surface area contributed by atoms with Gasteiger partial charge in [-0.1, -0.05) is 18.2 Å². The van der Waals surface area contributed by atoms with Crippen LogP contribution in [0.25, 0.3) is 10.9 Å². The van der Waals surface area contributed by atoms with Gasteiger partial charge in [-0.15, -0.1) is 0 Å². The Morgan fingerprint density at radius 2 is 2.00 bits per heavy atom. The van der Waals surface area contributed by atoms with E-state index in [-0.39, 0.29) is 12.0 Å². The van der Waals surface area contributed by atoms with Crippen molar-refractivity contribution < 1.29 is 14.7 Å². The number of hydrogen-bond donors (Lipinski definition) is 3. The molecule has 3 N–H and O–H groups in total. The molecular formula is C20H24N4O3. The molecule has 2 heterocycles. The number of carbonyl (C=O) groups is 2. The summed E-state index contributed by atoms with van der Waals surface area (Å²) in [6, 6.07) is 6.64. The Kier molecular flexibility index (Phi) is 4.78. The van der Waals surface area contributed by atoms with Gasteiger partial charge in [-0.2, -0.15) is 5.10 Å². The van der Waals surface area contributed by atoms with Crippen LogP contribution in [0.15, 0.2) is 36.7 Å². The standard InChI is InChI=1S/C20H24N4O3/c1-12-15(11-22-24(12)20(2,3)4)18(25)23-17(19(26)27)9-13-10-21-16-8-6-5-7-14(13)16/h5-8,10-11,17,21H,9H2,1-4H3,(H,23,25)(H,26,27). The van der Waals surface area contributed by atoms with Crippen molar-refractivity contribution in [2.24, 2.45) is 0 Å². The van der Waals surface area contributed by atoms with Crippen molar-refractivity contribution in [1.29, 1.82) is 0 Å². The molecule has 3 aromatic rings. The van der Waals surface area contributed by atoms with Gasteiger partial charge in [-0.05, 0) is 39.3 Å². The maximum Gasteiger partial charge on any atom is 0.326 e. The summed E-state index contributed by atoms with van der Waals surface area (Å²) < 4.78 is 1.76. The first-order chi connectivity index (χ1) is 12.7. The number of aromatic amines is 1. The zero-order valence-corrected chi connectivity index (χ0v) is 15.9. The molecule has 27 heavy (non-hydrogen) atoms. The monoisotopic (exact) mass is 368 g/mol. The highest BCUT2D eigenvalue weighted by Crippen LogP contribution is 2.20. The van der Waals surface area contributed by atoms with Gasteiger partial charge in [0.25, 0.3) is 5.91 Å². The lowest BCUT2D eigenvalue weighted by Crippen LogP contribution is -2.42. The Balaban J connectivity index is 1.82. The molecule has 0 aliphatic rings. The second-order valence-corrected chi connectivity index (χ2v) is 7.65. The lowest BCUT2D eigenvalue weighted by Gasteiger charge is -2.21. The minimum absolute atomic E-state index is 0.192. The summed E-state index contributed by atoms with van der Waals surface area (Å²) in [7, 11) is 0. The Labute approximate surface area is 157 Å². The maximum absolute atomic E-state index is 12.7. The van der Waals surface area contributed by atoms with Gasteiger partial charge in [0.1, 0.15) is 6.04 Å². The summed E-state index contributed by atoms with van der Waals surface area (Å²) in [5.74, 6) is -1.51. The fourth-order valence-corrected chi connectivity index (χ4v) is 3.27. The van der Waals surface area contributed by atoms with Crippen LogP contribution in [-0.4, -0.2) is 37.8 Å². The van der Waals surface area contributed by atoms with Crippen LogP contribution in [0.3, 0.4) is 0 Å². The SMILES string of the molecule is Cc1c(C(=O)NC(Cc2c[nH]c3ccccc23)C(=O)O)cnn1C(C)(C)C. The molecule has 0 fully saturated rings. The van der Waals surface area contributed by atoms with Crippen molar-refractivity contribution in [3.8, 4) is 0 Å². The molecule has 1 unspecified atom stereocenters. The molecule has 0 saturated carbocycles. The highest BCUT2D eigenvalue weighted by Gasteiger charge is 2.26. The van der Waals surface area contributed by atoms with Gasteiger partial charge >= 0.3 is 5.97 Å². The van der Waals surface area contributed by atoms with Gasteiger partial charge in [-0.3, -0.25) is 9.48 Å². The van der Waals surface area contributed by atoms with E-state index >= 15 is 0 Å². The van der Waals surface area contributed by atoms with Crippen molar-refractivity contribution >= 4 is 22.8 Å². The second kappa shape index (κ2) is 6.90. The number of carbonyl (C=O) groups excluding carboxylic acids is 1. The number of carboxylic acid groups (broad SMARTS) is 1. The van der Waals surface area contributed by atoms with E-state index in [1.807, 2.05) is 52.0 Å². The van der Waals surface area contributed by atoms with Crippen molar-refractivity contribution in [1.82, 2.24) is 20.1 Å². The van der Waals surface area contributed by atoms with Gasteiger partial charge < -0.3 is 15.4 Å². The minimum atomic E-state index is -1.07. The molecule has 1 aromatic carbocycles. The number of aromatic nitrogens is 3. The van der Waals surface area contributed by atoms with E-state index in [1.54, 1.807) is 10.9 Å².